The third-order valence-electron chi connectivity index (χ3n) is 5.19. The van der Waals surface area contributed by atoms with E-state index in [9.17, 15) is 24.0 Å². The topological polar surface area (TPSA) is 145 Å². The second kappa shape index (κ2) is 14.8. The maximum absolute atomic E-state index is 12.9. The fraction of sp³-hybridized carbons (Fsp3) is 0.542. The summed E-state index contributed by atoms with van der Waals surface area (Å²) >= 11 is 0. The Hall–Kier alpha value is -3.23. The molecule has 0 aliphatic rings. The first-order valence-corrected chi connectivity index (χ1v) is 11.2. The number of Topliss-reactive ketones (excluding diaryl/α,β-unsaturated/α-hetero) is 1. The Morgan fingerprint density at radius 1 is 0.909 bits per heavy atom. The molecular weight excluding hydrogens is 426 g/mol. The third-order valence-corrected chi connectivity index (χ3v) is 5.19. The van der Waals surface area contributed by atoms with E-state index in [0.29, 0.717) is 19.3 Å². The minimum Gasteiger partial charge on any atom is -0.469 e. The van der Waals surface area contributed by atoms with E-state index in [1.165, 1.54) is 7.11 Å². The van der Waals surface area contributed by atoms with Crippen molar-refractivity contribution >= 4 is 29.5 Å². The number of amides is 3. The quantitative estimate of drug-likeness (QED) is 0.205. The van der Waals surface area contributed by atoms with E-state index in [2.05, 4.69) is 15.4 Å². The van der Waals surface area contributed by atoms with E-state index >= 15 is 0 Å². The van der Waals surface area contributed by atoms with Crippen molar-refractivity contribution < 1.29 is 28.7 Å². The highest BCUT2D eigenvalue weighted by atomic mass is 16.5. The number of nitrogens with one attached hydrogen (secondary N) is 2. The van der Waals surface area contributed by atoms with Gasteiger partial charge >= 0.3 is 5.97 Å². The number of carbonyl (C=O) groups is 5. The number of carbonyl (C=O) groups excluding carboxylic acids is 5. The molecule has 2 atom stereocenters. The second-order valence-corrected chi connectivity index (χ2v) is 8.26. The number of hydrogen-bond acceptors (Lipinski definition) is 6. The van der Waals surface area contributed by atoms with Crippen molar-refractivity contribution in [3.05, 3.63) is 35.9 Å². The first-order chi connectivity index (χ1) is 15.6. The van der Waals surface area contributed by atoms with Gasteiger partial charge in [-0.2, -0.15) is 0 Å². The van der Waals surface area contributed by atoms with Crippen LogP contribution in [0, 0.1) is 5.92 Å². The molecular formula is C24H35N3O6. The Balaban J connectivity index is 2.64. The van der Waals surface area contributed by atoms with Crippen LogP contribution in [0.15, 0.2) is 30.3 Å². The molecule has 0 fully saturated rings. The molecule has 1 rings (SSSR count). The molecule has 9 heteroatoms. The first-order valence-electron chi connectivity index (χ1n) is 11.2. The van der Waals surface area contributed by atoms with E-state index in [-0.39, 0.29) is 30.6 Å². The number of hydrogen-bond donors (Lipinski definition) is 3. The largest absolute Gasteiger partial charge is 0.469 e. The van der Waals surface area contributed by atoms with Crippen LogP contribution in [0.4, 0.5) is 0 Å². The van der Waals surface area contributed by atoms with Crippen LogP contribution in [-0.2, 0) is 35.1 Å². The zero-order valence-electron chi connectivity index (χ0n) is 19.6. The summed E-state index contributed by atoms with van der Waals surface area (Å²) in [7, 11) is 1.35. The minimum absolute atomic E-state index is 0.110. The van der Waals surface area contributed by atoms with Crippen LogP contribution >= 0.6 is 0 Å². The monoisotopic (exact) mass is 461 g/mol. The fourth-order valence-electron chi connectivity index (χ4n) is 3.28. The van der Waals surface area contributed by atoms with Gasteiger partial charge in [0.15, 0.2) is 0 Å². The van der Waals surface area contributed by atoms with Gasteiger partial charge in [0.1, 0.15) is 12.1 Å². The molecule has 0 aliphatic carbocycles. The Labute approximate surface area is 194 Å². The van der Waals surface area contributed by atoms with Crippen molar-refractivity contribution in [2.24, 2.45) is 11.7 Å². The summed E-state index contributed by atoms with van der Waals surface area (Å²) in [5.41, 5.74) is 5.92. The number of methoxy groups -OCH3 is 1. The van der Waals surface area contributed by atoms with Crippen molar-refractivity contribution in [2.45, 2.75) is 70.9 Å². The van der Waals surface area contributed by atoms with Gasteiger partial charge in [-0.3, -0.25) is 24.0 Å². The van der Waals surface area contributed by atoms with E-state index in [4.69, 9.17) is 5.73 Å². The molecule has 0 heterocycles. The van der Waals surface area contributed by atoms with Crippen LogP contribution in [-0.4, -0.2) is 48.7 Å². The molecule has 182 valence electrons. The predicted octanol–water partition coefficient (Wildman–Crippen LogP) is 1.42. The molecule has 0 bridgehead atoms. The highest BCUT2D eigenvalue weighted by molar-refractivity contribution is 6.37. The lowest BCUT2D eigenvalue weighted by molar-refractivity contribution is -0.140. The molecule has 33 heavy (non-hydrogen) atoms. The number of ether oxygens (including phenoxy) is 1. The Morgan fingerprint density at radius 3 is 2.06 bits per heavy atom. The van der Waals surface area contributed by atoms with Gasteiger partial charge in [-0.05, 0) is 24.3 Å². The van der Waals surface area contributed by atoms with E-state index < -0.39 is 29.7 Å². The summed E-state index contributed by atoms with van der Waals surface area (Å²) in [6.07, 6.45) is 3.59. The van der Waals surface area contributed by atoms with Gasteiger partial charge in [0.05, 0.1) is 7.11 Å². The lowest BCUT2D eigenvalue weighted by atomic mass is 9.99. The molecule has 4 N–H and O–H groups in total. The molecule has 9 nitrogen and oxygen atoms in total. The smallest absolute Gasteiger partial charge is 0.305 e. The molecule has 3 amide bonds. The fourth-order valence-corrected chi connectivity index (χ4v) is 3.28. The van der Waals surface area contributed by atoms with E-state index in [1.807, 2.05) is 6.07 Å². The van der Waals surface area contributed by atoms with E-state index in [0.717, 1.165) is 18.4 Å². The summed E-state index contributed by atoms with van der Waals surface area (Å²) in [6.45, 7) is 3.55. The molecule has 0 aromatic heterocycles. The van der Waals surface area contributed by atoms with Crippen LogP contribution < -0.4 is 16.4 Å². The SMILES string of the molecule is COC(=O)CCCCCCC(=O)N[C@H](C(=O)NC(Cc1ccccc1)C(=O)C(N)=O)C(C)C. The lowest BCUT2D eigenvalue weighted by Crippen LogP contribution is -2.55. The maximum atomic E-state index is 12.9. The molecule has 0 radical (unpaired) electrons. The van der Waals surface area contributed by atoms with Gasteiger partial charge in [0, 0.05) is 19.3 Å². The highest BCUT2D eigenvalue weighted by Crippen LogP contribution is 2.09. The van der Waals surface area contributed by atoms with Gasteiger partial charge in [-0.25, -0.2) is 0 Å². The normalized spacial score (nSPS) is 12.5. The zero-order chi connectivity index (χ0) is 24.8. The van der Waals surface area contributed by atoms with Crippen LogP contribution in [0.1, 0.15) is 57.9 Å². The van der Waals surface area contributed by atoms with Crippen molar-refractivity contribution in [2.75, 3.05) is 7.11 Å². The number of ketones is 1. The number of esters is 1. The molecule has 1 aromatic carbocycles. The standard InChI is InChI=1S/C24H35N3O6/c1-16(2)21(27-19(28)13-9-4-5-10-14-20(29)33-3)24(32)26-18(22(30)23(25)31)15-17-11-7-6-8-12-17/h6-8,11-12,16,18,21H,4-5,9-10,13-15H2,1-3H3,(H2,25,31)(H,26,32)(H,27,28)/t18?,21-/m0/s1. The van der Waals surface area contributed by atoms with E-state index in [1.54, 1.807) is 38.1 Å². The zero-order valence-corrected chi connectivity index (χ0v) is 19.6. The molecule has 0 saturated heterocycles. The van der Waals surface area contributed by atoms with Gasteiger partial charge in [-0.15, -0.1) is 0 Å². The van der Waals surface area contributed by atoms with Crippen molar-refractivity contribution in [3.63, 3.8) is 0 Å². The van der Waals surface area contributed by atoms with Crippen LogP contribution in [0.3, 0.4) is 0 Å². The second-order valence-electron chi connectivity index (χ2n) is 8.26. The lowest BCUT2D eigenvalue weighted by Gasteiger charge is -2.24. The average molecular weight is 462 g/mol. The first kappa shape index (κ1) is 27.8. The van der Waals surface area contributed by atoms with Gasteiger partial charge in [-0.1, -0.05) is 57.0 Å². The third kappa shape index (κ3) is 10.8. The summed E-state index contributed by atoms with van der Waals surface area (Å²) in [6, 6.07) is 6.96. The molecule has 0 saturated carbocycles. The summed E-state index contributed by atoms with van der Waals surface area (Å²) in [5, 5.41) is 5.31. The number of benzene rings is 1. The number of nitrogens with two attached hydrogens (primary N) is 1. The van der Waals surface area contributed by atoms with Crippen molar-refractivity contribution in [1.29, 1.82) is 0 Å². The Kier molecular flexibility index (Phi) is 12.4. The molecule has 0 spiro atoms. The van der Waals surface area contributed by atoms with Crippen LogP contribution in [0.25, 0.3) is 0 Å². The van der Waals surface area contributed by atoms with Gasteiger partial charge in [0.25, 0.3) is 5.91 Å². The van der Waals surface area contributed by atoms with Gasteiger partial charge < -0.3 is 21.1 Å². The average Bonchev–Trinajstić information content (AvgIpc) is 2.78. The maximum Gasteiger partial charge on any atom is 0.305 e. The molecule has 1 unspecified atom stereocenters. The van der Waals surface area contributed by atoms with Crippen molar-refractivity contribution in [3.8, 4) is 0 Å². The van der Waals surface area contributed by atoms with Crippen LogP contribution in [0.2, 0.25) is 0 Å². The highest BCUT2D eigenvalue weighted by Gasteiger charge is 2.30. The number of unbranched alkanes of at least 4 members (excludes halogenated alkanes) is 3. The van der Waals surface area contributed by atoms with Crippen molar-refractivity contribution in [1.82, 2.24) is 10.6 Å². The van der Waals surface area contributed by atoms with Crippen LogP contribution in [0.5, 0.6) is 0 Å². The number of rotatable bonds is 15. The Morgan fingerprint density at radius 2 is 1.52 bits per heavy atom. The molecule has 1 aromatic rings. The summed E-state index contributed by atoms with van der Waals surface area (Å²) in [5.74, 6) is -3.35. The summed E-state index contributed by atoms with van der Waals surface area (Å²) < 4.78 is 4.58. The Bertz CT molecular complexity index is 810. The minimum atomic E-state index is -1.13. The van der Waals surface area contributed by atoms with Gasteiger partial charge in [0.2, 0.25) is 17.6 Å². The predicted molar refractivity (Wildman–Crippen MR) is 123 cm³/mol. The summed E-state index contributed by atoms with van der Waals surface area (Å²) in [4.78, 5) is 60.1. The number of primary amides is 1. The molecule has 0 aliphatic heterocycles.